The van der Waals surface area contributed by atoms with Crippen LogP contribution in [0.5, 0.6) is 0 Å². The van der Waals surface area contributed by atoms with Crippen LogP contribution in [-0.2, 0) is 21.2 Å². The van der Waals surface area contributed by atoms with Crippen LogP contribution in [0.25, 0.3) is 0 Å². The van der Waals surface area contributed by atoms with Crippen molar-refractivity contribution in [3.8, 4) is 0 Å². The van der Waals surface area contributed by atoms with E-state index in [2.05, 4.69) is 10.2 Å². The fraction of sp³-hybridized carbons (Fsp3) is 0.458. The molecule has 3 rings (SSSR count). The van der Waals surface area contributed by atoms with Crippen LogP contribution in [0.2, 0.25) is 0 Å². The topological polar surface area (TPSA) is 69.7 Å². The van der Waals surface area contributed by atoms with Crippen molar-refractivity contribution >= 4 is 21.6 Å². The maximum atomic E-state index is 13.5. The van der Waals surface area contributed by atoms with Gasteiger partial charge in [0.2, 0.25) is 15.9 Å². The molecule has 1 saturated heterocycles. The van der Waals surface area contributed by atoms with E-state index in [4.69, 9.17) is 0 Å². The summed E-state index contributed by atoms with van der Waals surface area (Å²) in [5.41, 5.74) is 4.35. The molecule has 0 bridgehead atoms. The summed E-state index contributed by atoms with van der Waals surface area (Å²) in [6, 6.07) is 10.8. The van der Waals surface area contributed by atoms with Crippen LogP contribution in [0.3, 0.4) is 0 Å². The molecule has 31 heavy (non-hydrogen) atoms. The second kappa shape index (κ2) is 9.51. The Hall–Kier alpha value is -2.22. The Balaban J connectivity index is 1.76. The summed E-state index contributed by atoms with van der Waals surface area (Å²) in [6.45, 7) is 6.90. The number of benzene rings is 2. The van der Waals surface area contributed by atoms with Gasteiger partial charge in [-0.15, -0.1) is 0 Å². The lowest BCUT2D eigenvalue weighted by atomic mass is 10.1. The van der Waals surface area contributed by atoms with Gasteiger partial charge in [0.25, 0.3) is 0 Å². The quantitative estimate of drug-likeness (QED) is 0.711. The van der Waals surface area contributed by atoms with Crippen LogP contribution in [0.1, 0.15) is 35.1 Å². The van der Waals surface area contributed by atoms with Gasteiger partial charge in [0.05, 0.1) is 4.90 Å². The Kier molecular flexibility index (Phi) is 7.19. The van der Waals surface area contributed by atoms with Gasteiger partial charge < -0.3 is 10.2 Å². The highest BCUT2D eigenvalue weighted by molar-refractivity contribution is 7.89. The molecule has 1 unspecified atom stereocenters. The standard InChI is InChI=1S/C24H33N3O3S/c1-17-15-18(2)23(19(3)16-17)31(29,30)27-13-6-7-22(27)24(28)25-21-10-8-20(9-11-21)12-14-26(4)5/h8-11,15-16,22H,6-7,12-14H2,1-5H3,(H,25,28). The molecule has 2 aromatic rings. The van der Waals surface area contributed by atoms with Gasteiger partial charge >= 0.3 is 0 Å². The predicted molar refractivity (Wildman–Crippen MR) is 125 cm³/mol. The first-order valence-electron chi connectivity index (χ1n) is 10.7. The normalized spacial score (nSPS) is 17.3. The summed E-state index contributed by atoms with van der Waals surface area (Å²) in [4.78, 5) is 15.5. The average molecular weight is 444 g/mol. The number of amides is 1. The van der Waals surface area contributed by atoms with Crippen molar-refractivity contribution in [1.82, 2.24) is 9.21 Å². The number of hydrogen-bond acceptors (Lipinski definition) is 4. The SMILES string of the molecule is Cc1cc(C)c(S(=O)(=O)N2CCCC2C(=O)Nc2ccc(CCN(C)C)cc2)c(C)c1. The zero-order chi connectivity index (χ0) is 22.8. The fourth-order valence-electron chi connectivity index (χ4n) is 4.31. The van der Waals surface area contributed by atoms with E-state index in [1.54, 1.807) is 0 Å². The Morgan fingerprint density at radius 2 is 1.71 bits per heavy atom. The lowest BCUT2D eigenvalue weighted by Crippen LogP contribution is -2.43. The third-order valence-corrected chi connectivity index (χ3v) is 7.96. The molecule has 1 atom stereocenters. The van der Waals surface area contributed by atoms with Crippen molar-refractivity contribution < 1.29 is 13.2 Å². The molecule has 6 nitrogen and oxygen atoms in total. The first-order valence-corrected chi connectivity index (χ1v) is 12.2. The Morgan fingerprint density at radius 1 is 1.10 bits per heavy atom. The zero-order valence-electron chi connectivity index (χ0n) is 19.1. The van der Waals surface area contributed by atoms with Crippen LogP contribution < -0.4 is 5.32 Å². The summed E-state index contributed by atoms with van der Waals surface area (Å²) in [6.07, 6.45) is 2.13. The van der Waals surface area contributed by atoms with E-state index in [0.717, 1.165) is 29.7 Å². The summed E-state index contributed by atoms with van der Waals surface area (Å²) in [7, 11) is 0.317. The first-order chi connectivity index (χ1) is 14.6. The maximum absolute atomic E-state index is 13.5. The second-order valence-electron chi connectivity index (χ2n) is 8.74. The number of likely N-dealkylation sites (N-methyl/N-ethyl adjacent to an activating group) is 1. The van der Waals surface area contributed by atoms with Crippen LogP contribution in [0.4, 0.5) is 5.69 Å². The lowest BCUT2D eigenvalue weighted by Gasteiger charge is -2.25. The molecule has 2 aromatic carbocycles. The van der Waals surface area contributed by atoms with Crippen molar-refractivity contribution in [3.63, 3.8) is 0 Å². The van der Waals surface area contributed by atoms with Crippen molar-refractivity contribution in [2.45, 2.75) is 51.0 Å². The number of sulfonamides is 1. The molecule has 7 heteroatoms. The van der Waals surface area contributed by atoms with Gasteiger partial charge in [0, 0.05) is 18.8 Å². The first kappa shape index (κ1) is 23.4. The molecular formula is C24H33N3O3S. The minimum atomic E-state index is -3.76. The molecule has 1 aliphatic heterocycles. The monoisotopic (exact) mass is 443 g/mol. The number of carbonyl (C=O) groups excluding carboxylic acids is 1. The van der Waals surface area contributed by atoms with Crippen LogP contribution >= 0.6 is 0 Å². The summed E-state index contributed by atoms with van der Waals surface area (Å²) >= 11 is 0. The Morgan fingerprint density at radius 3 is 2.29 bits per heavy atom. The smallest absolute Gasteiger partial charge is 0.244 e. The number of nitrogens with zero attached hydrogens (tertiary/aromatic N) is 2. The van der Waals surface area contributed by atoms with Crippen LogP contribution in [-0.4, -0.2) is 56.8 Å². The zero-order valence-corrected chi connectivity index (χ0v) is 19.9. The van der Waals surface area contributed by atoms with Gasteiger partial charge in [-0.3, -0.25) is 4.79 Å². The maximum Gasteiger partial charge on any atom is 0.244 e. The predicted octanol–water partition coefficient (Wildman–Crippen LogP) is 3.51. The molecule has 0 aromatic heterocycles. The third-order valence-electron chi connectivity index (χ3n) is 5.75. The molecule has 1 N–H and O–H groups in total. The van der Waals surface area contributed by atoms with Crippen LogP contribution in [0.15, 0.2) is 41.3 Å². The highest BCUT2D eigenvalue weighted by atomic mass is 32.2. The molecule has 168 valence electrons. The fourth-order valence-corrected chi connectivity index (χ4v) is 6.39. The number of anilines is 1. The van der Waals surface area contributed by atoms with E-state index in [1.807, 2.05) is 71.3 Å². The minimum absolute atomic E-state index is 0.274. The Labute approximate surface area is 186 Å². The molecule has 1 aliphatic rings. The molecule has 0 spiro atoms. The summed E-state index contributed by atoms with van der Waals surface area (Å²) < 4.78 is 28.3. The van der Waals surface area contributed by atoms with E-state index in [1.165, 1.54) is 9.87 Å². The summed E-state index contributed by atoms with van der Waals surface area (Å²) in [5, 5.41) is 2.91. The number of rotatable bonds is 7. The largest absolute Gasteiger partial charge is 0.325 e. The van der Waals surface area contributed by atoms with Gasteiger partial charge in [0.1, 0.15) is 6.04 Å². The van der Waals surface area contributed by atoms with Crippen molar-refractivity contribution in [2.75, 3.05) is 32.5 Å². The number of nitrogens with one attached hydrogen (secondary N) is 1. The van der Waals surface area contributed by atoms with Crippen molar-refractivity contribution in [1.29, 1.82) is 0 Å². The van der Waals surface area contributed by atoms with E-state index >= 15 is 0 Å². The van der Waals surface area contributed by atoms with Gasteiger partial charge in [-0.05, 0) is 83.0 Å². The van der Waals surface area contributed by atoms with Crippen LogP contribution in [0, 0.1) is 20.8 Å². The average Bonchev–Trinajstić information content (AvgIpc) is 3.17. The molecule has 0 saturated carbocycles. The number of aryl methyl sites for hydroxylation is 3. The molecule has 0 radical (unpaired) electrons. The molecular weight excluding hydrogens is 410 g/mol. The van der Waals surface area contributed by atoms with Crippen molar-refractivity contribution in [3.05, 3.63) is 58.7 Å². The van der Waals surface area contributed by atoms with Gasteiger partial charge in [-0.2, -0.15) is 4.31 Å². The second-order valence-corrected chi connectivity index (χ2v) is 10.6. The molecule has 1 amide bonds. The number of hydrogen-bond donors (Lipinski definition) is 1. The molecule has 1 fully saturated rings. The number of carbonyl (C=O) groups is 1. The molecule has 0 aliphatic carbocycles. The van der Waals surface area contributed by atoms with E-state index in [9.17, 15) is 13.2 Å². The van der Waals surface area contributed by atoms with Gasteiger partial charge in [-0.1, -0.05) is 29.8 Å². The highest BCUT2D eigenvalue weighted by Crippen LogP contribution is 2.31. The van der Waals surface area contributed by atoms with E-state index in [-0.39, 0.29) is 5.91 Å². The third kappa shape index (κ3) is 5.34. The molecule has 1 heterocycles. The van der Waals surface area contributed by atoms with E-state index in [0.29, 0.717) is 30.0 Å². The van der Waals surface area contributed by atoms with E-state index < -0.39 is 16.1 Å². The summed E-state index contributed by atoms with van der Waals surface area (Å²) in [5.74, 6) is -0.274. The van der Waals surface area contributed by atoms with Gasteiger partial charge in [0.15, 0.2) is 0 Å². The van der Waals surface area contributed by atoms with Crippen molar-refractivity contribution in [2.24, 2.45) is 0 Å². The lowest BCUT2D eigenvalue weighted by molar-refractivity contribution is -0.119. The Bertz CT molecular complexity index is 1020. The van der Waals surface area contributed by atoms with Gasteiger partial charge in [-0.25, -0.2) is 8.42 Å². The highest BCUT2D eigenvalue weighted by Gasteiger charge is 2.40. The minimum Gasteiger partial charge on any atom is -0.325 e.